The maximum absolute atomic E-state index is 13.9. The fourth-order valence-electron chi connectivity index (χ4n) is 4.75. The summed E-state index contributed by atoms with van der Waals surface area (Å²) in [5.74, 6) is -2.71. The molecule has 1 fully saturated rings. The van der Waals surface area contributed by atoms with Gasteiger partial charge in [-0.05, 0) is 49.4 Å². The van der Waals surface area contributed by atoms with Crippen LogP contribution >= 0.6 is 10.8 Å². The molecule has 37 heavy (non-hydrogen) atoms. The highest BCUT2D eigenvalue weighted by Crippen LogP contribution is 2.57. The first-order valence-electron chi connectivity index (χ1n) is 11.6. The lowest BCUT2D eigenvalue weighted by molar-refractivity contribution is -0.167. The first-order chi connectivity index (χ1) is 17.3. The Kier molecular flexibility index (Phi) is 5.89. The van der Waals surface area contributed by atoms with Crippen molar-refractivity contribution in [2.45, 2.75) is 49.1 Å². The minimum Gasteiger partial charge on any atom is -0.506 e. The van der Waals surface area contributed by atoms with E-state index in [0.29, 0.717) is 23.5 Å². The van der Waals surface area contributed by atoms with Crippen LogP contribution < -0.4 is 10.6 Å². The molecule has 1 amide bonds. The van der Waals surface area contributed by atoms with Gasteiger partial charge in [-0.25, -0.2) is 0 Å². The summed E-state index contributed by atoms with van der Waals surface area (Å²) in [6, 6.07) is 10.3. The van der Waals surface area contributed by atoms with Gasteiger partial charge in [-0.3, -0.25) is 18.7 Å². The quantitative estimate of drug-likeness (QED) is 0.317. The molecule has 12 heteroatoms. The molecular formula is C25H24F3N3O5S. The summed E-state index contributed by atoms with van der Waals surface area (Å²) in [6.45, 7) is 1.80. The van der Waals surface area contributed by atoms with Crippen molar-refractivity contribution in [3.05, 3.63) is 59.2 Å². The van der Waals surface area contributed by atoms with E-state index in [9.17, 15) is 37.0 Å². The highest BCUT2D eigenvalue weighted by molar-refractivity contribution is 8.23. The summed E-state index contributed by atoms with van der Waals surface area (Å²) in [5, 5.41) is 15.6. The number of rotatable bonds is 5. The van der Waals surface area contributed by atoms with Crippen molar-refractivity contribution in [1.82, 2.24) is 0 Å². The van der Waals surface area contributed by atoms with Gasteiger partial charge < -0.3 is 15.7 Å². The molecule has 196 valence electrons. The Hall–Kier alpha value is -3.35. The van der Waals surface area contributed by atoms with Crippen LogP contribution in [-0.2, 0) is 15.0 Å². The van der Waals surface area contributed by atoms with Gasteiger partial charge in [0.25, 0.3) is 0 Å². The lowest BCUT2D eigenvalue weighted by Crippen LogP contribution is -2.42. The number of amides is 1. The fraction of sp³-hybridized carbons (Fsp3) is 0.320. The molecule has 1 aliphatic heterocycles. The molecule has 2 aliphatic carbocycles. The zero-order chi connectivity index (χ0) is 26.8. The molecule has 0 saturated heterocycles. The van der Waals surface area contributed by atoms with E-state index in [1.54, 1.807) is 36.5 Å². The first kappa shape index (κ1) is 25.3. The van der Waals surface area contributed by atoms with Gasteiger partial charge in [0.15, 0.2) is 11.6 Å². The number of Topliss-reactive ketones (excluding diaryl/α,β-unsaturated/α-hetero) is 1. The highest BCUT2D eigenvalue weighted by Gasteiger charge is 2.47. The number of aliphatic hydroxyl groups excluding tert-OH is 1. The van der Waals surface area contributed by atoms with E-state index < -0.39 is 34.1 Å². The maximum atomic E-state index is 13.9. The van der Waals surface area contributed by atoms with Crippen LogP contribution in [-0.4, -0.2) is 37.9 Å². The Balaban J connectivity index is 1.54. The number of hydrogen-bond donors (Lipinski definition) is 5. The molecule has 1 saturated carbocycles. The molecule has 0 spiro atoms. The topological polar surface area (TPSA) is 131 Å². The zero-order valence-corrected chi connectivity index (χ0v) is 20.4. The number of nitrogens with one attached hydrogen (secondary N) is 2. The second kappa shape index (κ2) is 8.61. The largest absolute Gasteiger partial charge is 0.506 e. The number of benzene rings is 2. The summed E-state index contributed by atoms with van der Waals surface area (Å²) < 4.78 is 63.4. The zero-order valence-electron chi connectivity index (χ0n) is 19.6. The number of nitrogens with zero attached hydrogens (tertiary/aromatic N) is 1. The molecule has 1 heterocycles. The molecule has 1 unspecified atom stereocenters. The van der Waals surface area contributed by atoms with Gasteiger partial charge in [-0.15, -0.1) is 4.40 Å². The predicted octanol–water partition coefficient (Wildman–Crippen LogP) is 6.04. The Morgan fingerprint density at radius 1 is 1.22 bits per heavy atom. The Bertz CT molecular complexity index is 1380. The van der Waals surface area contributed by atoms with Gasteiger partial charge in [0, 0.05) is 11.3 Å². The predicted molar refractivity (Wildman–Crippen MR) is 134 cm³/mol. The van der Waals surface area contributed by atoms with Crippen LogP contribution in [0, 0.1) is 5.92 Å². The van der Waals surface area contributed by atoms with Crippen LogP contribution in [0.15, 0.2) is 57.3 Å². The SMILES string of the molecule is CC1(CCC2CC2)C(=O)C(C2=NS(O)(O)c3cc(NC(=O)C(F)(F)F)ccc3N2)=C(O)c2ccccc21. The summed E-state index contributed by atoms with van der Waals surface area (Å²) in [5.41, 5.74) is -0.333. The van der Waals surface area contributed by atoms with E-state index in [2.05, 4.69) is 9.71 Å². The Morgan fingerprint density at radius 3 is 2.59 bits per heavy atom. The van der Waals surface area contributed by atoms with Crippen molar-refractivity contribution in [3.8, 4) is 0 Å². The summed E-state index contributed by atoms with van der Waals surface area (Å²) in [6.07, 6.45) is -1.55. The smallest absolute Gasteiger partial charge is 0.471 e. The number of alkyl halides is 3. The molecule has 0 aromatic heterocycles. The second-order valence-electron chi connectivity index (χ2n) is 9.66. The van der Waals surface area contributed by atoms with Gasteiger partial charge in [0.05, 0.1) is 11.1 Å². The fourth-order valence-corrected chi connectivity index (χ4v) is 5.93. The minimum absolute atomic E-state index is 0.0571. The van der Waals surface area contributed by atoms with Crippen molar-refractivity contribution >= 4 is 45.4 Å². The second-order valence-corrected chi connectivity index (χ2v) is 11.3. The van der Waals surface area contributed by atoms with Gasteiger partial charge in [-0.2, -0.15) is 13.2 Å². The van der Waals surface area contributed by atoms with E-state index >= 15 is 0 Å². The number of carbonyl (C=O) groups excluding carboxylic acids is 2. The number of carbonyl (C=O) groups is 2. The Labute approximate surface area is 211 Å². The third kappa shape index (κ3) is 4.49. The lowest BCUT2D eigenvalue weighted by Gasteiger charge is -2.39. The van der Waals surface area contributed by atoms with Crippen molar-refractivity contribution in [1.29, 1.82) is 0 Å². The normalized spacial score (nSPS) is 23.4. The van der Waals surface area contributed by atoms with E-state index in [0.717, 1.165) is 31.4 Å². The van der Waals surface area contributed by atoms with Crippen molar-refractivity contribution < 1.29 is 37.0 Å². The highest BCUT2D eigenvalue weighted by atomic mass is 32.3. The molecule has 8 nitrogen and oxygen atoms in total. The molecule has 3 aliphatic rings. The van der Waals surface area contributed by atoms with Gasteiger partial charge in [-0.1, -0.05) is 47.9 Å². The lowest BCUT2D eigenvalue weighted by atomic mass is 9.67. The number of aliphatic hydroxyl groups is 1. The standard InChI is InChI=1S/C25H24F3N3O5S/c1-24(11-10-13-6-7-13)16-5-3-2-4-15(16)20(32)19(21(24)33)22-30-17-9-8-14(29-23(34)25(26,27)28)12-18(17)37(35,36)31-22/h2-5,8-9,12-13,32,35-36H,6-7,10-11H2,1H3,(H,29,34)(H,30,31). The van der Waals surface area contributed by atoms with E-state index in [1.807, 2.05) is 0 Å². The number of fused-ring (bicyclic) bond motifs is 2. The van der Waals surface area contributed by atoms with Crippen LogP contribution in [0.1, 0.15) is 43.7 Å². The number of hydrogen-bond acceptors (Lipinski definition) is 7. The van der Waals surface area contributed by atoms with Gasteiger partial charge >= 0.3 is 12.1 Å². The van der Waals surface area contributed by atoms with Gasteiger partial charge in [0.1, 0.15) is 16.2 Å². The van der Waals surface area contributed by atoms with Crippen LogP contribution in [0.25, 0.3) is 5.76 Å². The van der Waals surface area contributed by atoms with Gasteiger partial charge in [0.2, 0.25) is 0 Å². The average Bonchev–Trinajstić information content (AvgIpc) is 3.66. The molecule has 5 rings (SSSR count). The Morgan fingerprint density at radius 2 is 1.92 bits per heavy atom. The summed E-state index contributed by atoms with van der Waals surface area (Å²) in [4.78, 5) is 24.9. The maximum Gasteiger partial charge on any atom is 0.471 e. The number of anilines is 2. The van der Waals surface area contributed by atoms with E-state index in [-0.39, 0.29) is 33.4 Å². The molecule has 0 bridgehead atoms. The third-order valence-corrected chi connectivity index (χ3v) is 8.36. The van der Waals surface area contributed by atoms with Crippen molar-refractivity contribution in [2.24, 2.45) is 10.3 Å². The number of halogens is 3. The van der Waals surface area contributed by atoms with E-state index in [1.165, 1.54) is 6.07 Å². The van der Waals surface area contributed by atoms with Crippen molar-refractivity contribution in [3.63, 3.8) is 0 Å². The summed E-state index contributed by atoms with van der Waals surface area (Å²) in [7, 11) is -4.02. The molecule has 1 atom stereocenters. The van der Waals surface area contributed by atoms with Crippen LogP contribution in [0.5, 0.6) is 0 Å². The molecule has 0 radical (unpaired) electrons. The van der Waals surface area contributed by atoms with Crippen LogP contribution in [0.3, 0.4) is 0 Å². The number of ketones is 1. The minimum atomic E-state index is -5.13. The third-order valence-electron chi connectivity index (χ3n) is 6.99. The van der Waals surface area contributed by atoms with E-state index in [4.69, 9.17) is 0 Å². The number of amidine groups is 1. The van der Waals surface area contributed by atoms with Crippen LogP contribution in [0.4, 0.5) is 24.5 Å². The average molecular weight is 536 g/mol. The molecule has 2 aromatic rings. The van der Waals surface area contributed by atoms with Crippen LogP contribution in [0.2, 0.25) is 0 Å². The molecule has 5 N–H and O–H groups in total. The molecule has 2 aromatic carbocycles. The molecular weight excluding hydrogens is 511 g/mol. The first-order valence-corrected chi connectivity index (χ1v) is 13.1. The monoisotopic (exact) mass is 535 g/mol. The summed E-state index contributed by atoms with van der Waals surface area (Å²) >= 11 is 0. The van der Waals surface area contributed by atoms with Crippen molar-refractivity contribution in [2.75, 3.05) is 10.6 Å².